The number of nitrogens with zero attached hydrogens (tertiary/aromatic N) is 1. The largest absolute Gasteiger partial charge is 0.465 e. The maximum atomic E-state index is 12.0. The molecule has 0 aliphatic carbocycles. The summed E-state index contributed by atoms with van der Waals surface area (Å²) in [7, 11) is 0. The maximum Gasteiger partial charge on any atom is 0.321 e. The molecule has 0 fully saturated rings. The molecule has 1 aromatic heterocycles. The van der Waals surface area contributed by atoms with E-state index in [1.165, 1.54) is 11.3 Å². The number of hydrogen-bond donors (Lipinski definition) is 0. The summed E-state index contributed by atoms with van der Waals surface area (Å²) in [5.74, 6) is -3.81. The van der Waals surface area contributed by atoms with Crippen molar-refractivity contribution in [3.05, 3.63) is 32.5 Å². The number of hydrogen-bond acceptors (Lipinski definition) is 7. The SMILES string of the molecule is CCOC(=O)C(C(=O)OCC)[C@H](C[N+](=O)[O-])c1cccs1. The monoisotopic (exact) mass is 315 g/mol. The van der Waals surface area contributed by atoms with Gasteiger partial charge in [-0.3, -0.25) is 19.7 Å². The molecule has 0 aromatic carbocycles. The van der Waals surface area contributed by atoms with Gasteiger partial charge in [0, 0.05) is 9.80 Å². The predicted octanol–water partition coefficient (Wildman–Crippen LogP) is 1.85. The van der Waals surface area contributed by atoms with E-state index in [0.717, 1.165) is 0 Å². The highest BCUT2D eigenvalue weighted by molar-refractivity contribution is 7.10. The minimum Gasteiger partial charge on any atom is -0.465 e. The van der Waals surface area contributed by atoms with Crippen molar-refractivity contribution >= 4 is 23.3 Å². The lowest BCUT2D eigenvalue weighted by molar-refractivity contribution is -0.484. The Labute approximate surface area is 126 Å². The van der Waals surface area contributed by atoms with Gasteiger partial charge in [0.05, 0.1) is 19.1 Å². The molecule has 0 saturated carbocycles. The van der Waals surface area contributed by atoms with E-state index in [2.05, 4.69) is 0 Å². The van der Waals surface area contributed by atoms with E-state index in [0.29, 0.717) is 4.88 Å². The van der Waals surface area contributed by atoms with E-state index in [-0.39, 0.29) is 13.2 Å². The second-order valence-electron chi connectivity index (χ2n) is 4.12. The van der Waals surface area contributed by atoms with Crippen LogP contribution in [0.4, 0.5) is 0 Å². The standard InChI is InChI=1S/C13H17NO6S/c1-3-19-12(15)11(13(16)20-4-2)9(8-14(17)18)10-6-5-7-21-10/h5-7,9,11H,3-4,8H2,1-2H3/t9-/m1/s1. The van der Waals surface area contributed by atoms with Crippen molar-refractivity contribution < 1.29 is 24.0 Å². The first-order valence-corrected chi connectivity index (χ1v) is 7.37. The van der Waals surface area contributed by atoms with Crippen molar-refractivity contribution in [2.45, 2.75) is 19.8 Å². The highest BCUT2D eigenvalue weighted by Gasteiger charge is 2.41. The van der Waals surface area contributed by atoms with E-state index < -0.39 is 35.2 Å². The average Bonchev–Trinajstić information content (AvgIpc) is 2.91. The summed E-state index contributed by atoms with van der Waals surface area (Å²) in [5.41, 5.74) is 0. The summed E-state index contributed by atoms with van der Waals surface area (Å²) in [6.07, 6.45) is 0. The molecule has 0 spiro atoms. The Kier molecular flexibility index (Phi) is 6.80. The molecule has 116 valence electrons. The summed E-state index contributed by atoms with van der Waals surface area (Å²) >= 11 is 1.25. The molecule has 1 atom stereocenters. The Morgan fingerprint density at radius 2 is 1.86 bits per heavy atom. The molecule has 0 N–H and O–H groups in total. The first-order valence-electron chi connectivity index (χ1n) is 6.49. The summed E-state index contributed by atoms with van der Waals surface area (Å²) in [4.78, 5) is 35.0. The van der Waals surface area contributed by atoms with Crippen LogP contribution in [0.15, 0.2) is 17.5 Å². The molecular formula is C13H17NO6S. The summed E-state index contributed by atoms with van der Waals surface area (Å²) in [5, 5.41) is 12.6. The number of ether oxygens (including phenoxy) is 2. The predicted molar refractivity (Wildman–Crippen MR) is 75.7 cm³/mol. The molecular weight excluding hydrogens is 298 g/mol. The molecule has 1 heterocycles. The van der Waals surface area contributed by atoms with Crippen LogP contribution in [0, 0.1) is 16.0 Å². The second kappa shape index (κ2) is 8.35. The van der Waals surface area contributed by atoms with E-state index >= 15 is 0 Å². The van der Waals surface area contributed by atoms with Crippen LogP contribution in [0.3, 0.4) is 0 Å². The lowest BCUT2D eigenvalue weighted by Gasteiger charge is -2.20. The van der Waals surface area contributed by atoms with Gasteiger partial charge in [-0.25, -0.2) is 0 Å². The van der Waals surface area contributed by atoms with E-state index in [4.69, 9.17) is 9.47 Å². The highest BCUT2D eigenvalue weighted by Crippen LogP contribution is 2.31. The van der Waals surface area contributed by atoms with Gasteiger partial charge in [-0.1, -0.05) is 6.07 Å². The van der Waals surface area contributed by atoms with Gasteiger partial charge in [0.25, 0.3) is 0 Å². The van der Waals surface area contributed by atoms with Crippen LogP contribution < -0.4 is 0 Å². The zero-order valence-electron chi connectivity index (χ0n) is 11.8. The smallest absolute Gasteiger partial charge is 0.321 e. The minimum absolute atomic E-state index is 0.0877. The van der Waals surface area contributed by atoms with Gasteiger partial charge in [-0.2, -0.15) is 0 Å². The molecule has 21 heavy (non-hydrogen) atoms. The fourth-order valence-corrected chi connectivity index (χ4v) is 2.77. The van der Waals surface area contributed by atoms with Gasteiger partial charge in [-0.05, 0) is 25.3 Å². The first kappa shape index (κ1) is 17.1. The highest BCUT2D eigenvalue weighted by atomic mass is 32.1. The fourth-order valence-electron chi connectivity index (χ4n) is 1.91. The van der Waals surface area contributed by atoms with Gasteiger partial charge >= 0.3 is 11.9 Å². The summed E-state index contributed by atoms with van der Waals surface area (Å²) in [6.45, 7) is 2.85. The van der Waals surface area contributed by atoms with Crippen LogP contribution in [0.25, 0.3) is 0 Å². The molecule has 8 heteroatoms. The fraction of sp³-hybridized carbons (Fsp3) is 0.538. The van der Waals surface area contributed by atoms with Crippen molar-refractivity contribution in [3.63, 3.8) is 0 Å². The molecule has 0 radical (unpaired) electrons. The molecule has 0 bridgehead atoms. The molecule has 0 unspecified atom stereocenters. The minimum atomic E-state index is -1.33. The number of esters is 2. The van der Waals surface area contributed by atoms with Gasteiger partial charge in [-0.15, -0.1) is 11.3 Å². The van der Waals surface area contributed by atoms with E-state index in [9.17, 15) is 19.7 Å². The number of carbonyl (C=O) groups excluding carboxylic acids is 2. The normalized spacial score (nSPS) is 12.0. The van der Waals surface area contributed by atoms with Crippen LogP contribution in [-0.4, -0.2) is 36.6 Å². The molecule has 1 aromatic rings. The van der Waals surface area contributed by atoms with Crippen molar-refractivity contribution in [2.24, 2.45) is 5.92 Å². The Balaban J connectivity index is 3.12. The van der Waals surface area contributed by atoms with Crippen LogP contribution in [-0.2, 0) is 19.1 Å². The molecule has 0 aliphatic heterocycles. The van der Waals surface area contributed by atoms with Gasteiger partial charge in [0.2, 0.25) is 6.54 Å². The van der Waals surface area contributed by atoms with Crippen LogP contribution >= 0.6 is 11.3 Å². The quantitative estimate of drug-likeness (QED) is 0.314. The molecule has 0 amide bonds. The lowest BCUT2D eigenvalue weighted by Crippen LogP contribution is -2.36. The topological polar surface area (TPSA) is 95.7 Å². The number of nitro groups is 1. The van der Waals surface area contributed by atoms with Gasteiger partial charge in [0.1, 0.15) is 0 Å². The average molecular weight is 315 g/mol. The molecule has 0 saturated heterocycles. The first-order chi connectivity index (χ1) is 10.0. The Morgan fingerprint density at radius 1 is 1.29 bits per heavy atom. The Morgan fingerprint density at radius 3 is 2.24 bits per heavy atom. The van der Waals surface area contributed by atoms with Crippen molar-refractivity contribution in [3.8, 4) is 0 Å². The van der Waals surface area contributed by atoms with Crippen molar-refractivity contribution in [1.29, 1.82) is 0 Å². The third-order valence-electron chi connectivity index (χ3n) is 2.74. The third kappa shape index (κ3) is 4.82. The van der Waals surface area contributed by atoms with Crippen LogP contribution in [0.1, 0.15) is 24.6 Å². The Hall–Kier alpha value is -1.96. The Bertz CT molecular complexity index is 469. The summed E-state index contributed by atoms with van der Waals surface area (Å²) in [6, 6.07) is 3.37. The number of rotatable bonds is 8. The van der Waals surface area contributed by atoms with Crippen LogP contribution in [0.2, 0.25) is 0 Å². The maximum absolute atomic E-state index is 12.0. The second-order valence-corrected chi connectivity index (χ2v) is 5.10. The lowest BCUT2D eigenvalue weighted by atomic mass is 9.90. The molecule has 1 rings (SSSR count). The molecule has 7 nitrogen and oxygen atoms in total. The summed E-state index contributed by atoms with van der Waals surface area (Å²) < 4.78 is 9.75. The van der Waals surface area contributed by atoms with Gasteiger partial charge < -0.3 is 9.47 Å². The molecule has 0 aliphatic rings. The van der Waals surface area contributed by atoms with E-state index in [1.54, 1.807) is 31.4 Å². The third-order valence-corrected chi connectivity index (χ3v) is 3.74. The number of carbonyl (C=O) groups is 2. The van der Waals surface area contributed by atoms with E-state index in [1.807, 2.05) is 0 Å². The number of thiophene rings is 1. The zero-order valence-corrected chi connectivity index (χ0v) is 12.6. The van der Waals surface area contributed by atoms with Crippen LogP contribution in [0.5, 0.6) is 0 Å². The van der Waals surface area contributed by atoms with Crippen molar-refractivity contribution in [2.75, 3.05) is 19.8 Å². The zero-order chi connectivity index (χ0) is 15.8. The van der Waals surface area contributed by atoms with Crippen molar-refractivity contribution in [1.82, 2.24) is 0 Å². The van der Waals surface area contributed by atoms with Gasteiger partial charge in [0.15, 0.2) is 5.92 Å².